The summed E-state index contributed by atoms with van der Waals surface area (Å²) < 4.78 is 13.7. The van der Waals surface area contributed by atoms with Crippen molar-refractivity contribution in [3.63, 3.8) is 0 Å². The molecular weight excluding hydrogens is 259 g/mol. The van der Waals surface area contributed by atoms with Gasteiger partial charge in [0.15, 0.2) is 0 Å². The van der Waals surface area contributed by atoms with Gasteiger partial charge in [0, 0.05) is 5.41 Å². The summed E-state index contributed by atoms with van der Waals surface area (Å²) in [6.45, 7) is 5.57. The van der Waals surface area contributed by atoms with E-state index in [-0.39, 0.29) is 12.4 Å². The molecule has 15 heavy (non-hydrogen) atoms. The van der Waals surface area contributed by atoms with Crippen molar-refractivity contribution >= 4 is 15.9 Å². The van der Waals surface area contributed by atoms with Crippen LogP contribution < -0.4 is 0 Å². The van der Waals surface area contributed by atoms with Crippen LogP contribution in [0.2, 0.25) is 0 Å². The minimum Gasteiger partial charge on any atom is -0.395 e. The smallest absolute Gasteiger partial charge is 0.137 e. The Balaban J connectivity index is 2.98. The molecule has 1 unspecified atom stereocenters. The van der Waals surface area contributed by atoms with E-state index in [1.165, 1.54) is 6.07 Å². The summed E-state index contributed by atoms with van der Waals surface area (Å²) in [7, 11) is 0. The summed E-state index contributed by atoms with van der Waals surface area (Å²) in [6, 6.07) is 4.90. The zero-order valence-electron chi connectivity index (χ0n) is 8.63. The quantitative estimate of drug-likeness (QED) is 0.834. The van der Waals surface area contributed by atoms with E-state index >= 15 is 0 Å². The first kappa shape index (κ1) is 12.4. The zero-order chi connectivity index (χ0) is 11.5. The van der Waals surface area contributed by atoms with Crippen LogP contribution in [0, 0.1) is 11.2 Å². The van der Waals surface area contributed by atoms with Crippen molar-refractivity contribution in [2.24, 2.45) is 5.41 Å². The monoisotopic (exact) mass is 272 g/mol. The summed E-state index contributed by atoms with van der Waals surface area (Å²) >= 11 is 3.20. The maximum Gasteiger partial charge on any atom is 0.137 e. The van der Waals surface area contributed by atoms with Crippen LogP contribution >= 0.6 is 15.9 Å². The van der Waals surface area contributed by atoms with E-state index in [4.69, 9.17) is 0 Å². The molecule has 1 nitrogen and oxygen atoms in total. The third kappa shape index (κ3) is 2.89. The molecular formula is C12H14BrFO. The fourth-order valence-corrected chi connectivity index (χ4v) is 1.72. The third-order valence-electron chi connectivity index (χ3n) is 2.48. The Morgan fingerprint density at radius 3 is 2.80 bits per heavy atom. The largest absolute Gasteiger partial charge is 0.395 e. The molecule has 0 amide bonds. The first-order valence-corrected chi connectivity index (χ1v) is 5.49. The lowest BCUT2D eigenvalue weighted by molar-refractivity contribution is 0.184. The van der Waals surface area contributed by atoms with Crippen molar-refractivity contribution in [2.45, 2.75) is 13.3 Å². The Kier molecular flexibility index (Phi) is 4.05. The molecule has 1 aromatic carbocycles. The Hall–Kier alpha value is -0.670. The number of hydrogen-bond donors (Lipinski definition) is 1. The second kappa shape index (κ2) is 4.90. The van der Waals surface area contributed by atoms with Crippen molar-refractivity contribution in [1.29, 1.82) is 0 Å². The molecule has 0 fully saturated rings. The molecule has 1 atom stereocenters. The number of halogens is 2. The lowest BCUT2D eigenvalue weighted by Gasteiger charge is -2.23. The summed E-state index contributed by atoms with van der Waals surface area (Å²) in [5, 5.41) is 9.23. The first-order chi connectivity index (χ1) is 7.02. The Labute approximate surface area is 97.8 Å². The number of aliphatic hydroxyl groups is 1. The van der Waals surface area contributed by atoms with Gasteiger partial charge >= 0.3 is 0 Å². The molecule has 0 heterocycles. The van der Waals surface area contributed by atoms with Crippen molar-refractivity contribution in [1.82, 2.24) is 0 Å². The lowest BCUT2D eigenvalue weighted by Crippen LogP contribution is -2.21. The summed E-state index contributed by atoms with van der Waals surface area (Å²) in [6.07, 6.45) is 2.26. The normalized spacial score (nSPS) is 14.7. The summed E-state index contributed by atoms with van der Waals surface area (Å²) in [4.78, 5) is 0. The fraction of sp³-hybridized carbons (Fsp3) is 0.333. The number of rotatable bonds is 4. The topological polar surface area (TPSA) is 20.2 Å². The van der Waals surface area contributed by atoms with E-state index < -0.39 is 5.41 Å². The zero-order valence-corrected chi connectivity index (χ0v) is 10.2. The van der Waals surface area contributed by atoms with Crippen LogP contribution in [0.5, 0.6) is 0 Å². The van der Waals surface area contributed by atoms with Crippen LogP contribution in [0.15, 0.2) is 35.3 Å². The van der Waals surface area contributed by atoms with Gasteiger partial charge in [-0.3, -0.25) is 0 Å². The molecule has 0 spiro atoms. The Bertz CT molecular complexity index is 365. The van der Waals surface area contributed by atoms with Gasteiger partial charge in [0.25, 0.3) is 0 Å². The molecule has 0 saturated heterocycles. The SMILES string of the molecule is C=CC(C)(CO)Cc1cccc(F)c1Br. The van der Waals surface area contributed by atoms with Crippen LogP contribution in [0.4, 0.5) is 4.39 Å². The van der Waals surface area contributed by atoms with Crippen LogP contribution in [-0.4, -0.2) is 11.7 Å². The minimum absolute atomic E-state index is 0.000542. The van der Waals surface area contributed by atoms with Crippen LogP contribution in [0.3, 0.4) is 0 Å². The van der Waals surface area contributed by atoms with E-state index in [0.29, 0.717) is 10.9 Å². The Morgan fingerprint density at radius 2 is 2.27 bits per heavy atom. The molecule has 0 aliphatic heterocycles. The van der Waals surface area contributed by atoms with Crippen molar-refractivity contribution in [3.8, 4) is 0 Å². The van der Waals surface area contributed by atoms with Gasteiger partial charge in [-0.2, -0.15) is 0 Å². The standard InChI is InChI=1S/C12H14BrFO/c1-3-12(2,8-15)7-9-5-4-6-10(14)11(9)13/h3-6,15H,1,7-8H2,2H3. The molecule has 0 radical (unpaired) electrons. The molecule has 1 N–H and O–H groups in total. The maximum atomic E-state index is 13.2. The molecule has 0 saturated carbocycles. The predicted molar refractivity (Wildman–Crippen MR) is 63.2 cm³/mol. The van der Waals surface area contributed by atoms with Crippen LogP contribution in [-0.2, 0) is 6.42 Å². The molecule has 0 aromatic heterocycles. The van der Waals surface area contributed by atoms with Crippen molar-refractivity contribution in [3.05, 3.63) is 46.7 Å². The molecule has 0 aliphatic rings. The molecule has 82 valence electrons. The molecule has 1 aromatic rings. The fourth-order valence-electron chi connectivity index (χ4n) is 1.31. The van der Waals surface area contributed by atoms with Crippen molar-refractivity contribution < 1.29 is 9.50 Å². The van der Waals surface area contributed by atoms with Gasteiger partial charge in [-0.1, -0.05) is 25.1 Å². The van der Waals surface area contributed by atoms with Crippen LogP contribution in [0.1, 0.15) is 12.5 Å². The molecule has 1 rings (SSSR count). The maximum absolute atomic E-state index is 13.2. The van der Waals surface area contributed by atoms with E-state index in [9.17, 15) is 9.50 Å². The van der Waals surface area contributed by atoms with Gasteiger partial charge in [-0.15, -0.1) is 6.58 Å². The van der Waals surface area contributed by atoms with E-state index in [2.05, 4.69) is 22.5 Å². The van der Waals surface area contributed by atoms with Gasteiger partial charge in [-0.25, -0.2) is 4.39 Å². The van der Waals surface area contributed by atoms with Gasteiger partial charge < -0.3 is 5.11 Å². The highest BCUT2D eigenvalue weighted by molar-refractivity contribution is 9.10. The molecule has 0 bridgehead atoms. The average Bonchev–Trinajstić information content (AvgIpc) is 2.25. The number of hydrogen-bond acceptors (Lipinski definition) is 1. The van der Waals surface area contributed by atoms with E-state index in [1.54, 1.807) is 12.1 Å². The minimum atomic E-state index is -0.406. The van der Waals surface area contributed by atoms with Gasteiger partial charge in [0.05, 0.1) is 11.1 Å². The van der Waals surface area contributed by atoms with E-state index in [1.807, 2.05) is 13.0 Å². The van der Waals surface area contributed by atoms with Gasteiger partial charge in [-0.05, 0) is 34.0 Å². The number of benzene rings is 1. The molecule has 0 aliphatic carbocycles. The summed E-state index contributed by atoms with van der Waals surface area (Å²) in [5.74, 6) is -0.281. The summed E-state index contributed by atoms with van der Waals surface area (Å²) in [5.41, 5.74) is 0.433. The third-order valence-corrected chi connectivity index (χ3v) is 3.37. The number of aliphatic hydroxyl groups excluding tert-OH is 1. The Morgan fingerprint density at radius 1 is 1.60 bits per heavy atom. The average molecular weight is 273 g/mol. The highest BCUT2D eigenvalue weighted by atomic mass is 79.9. The highest BCUT2D eigenvalue weighted by Crippen LogP contribution is 2.29. The van der Waals surface area contributed by atoms with E-state index in [0.717, 1.165) is 5.56 Å². The second-order valence-corrected chi connectivity index (χ2v) is 4.70. The second-order valence-electron chi connectivity index (χ2n) is 3.91. The first-order valence-electron chi connectivity index (χ1n) is 4.70. The van der Waals surface area contributed by atoms with Crippen molar-refractivity contribution in [2.75, 3.05) is 6.61 Å². The predicted octanol–water partition coefficient (Wildman–Crippen LogP) is 3.32. The van der Waals surface area contributed by atoms with Gasteiger partial charge in [0.2, 0.25) is 0 Å². The molecule has 3 heteroatoms. The van der Waals surface area contributed by atoms with Gasteiger partial charge in [0.1, 0.15) is 5.82 Å². The lowest BCUT2D eigenvalue weighted by atomic mass is 9.85. The highest BCUT2D eigenvalue weighted by Gasteiger charge is 2.21. The van der Waals surface area contributed by atoms with Crippen LogP contribution in [0.25, 0.3) is 0 Å².